The monoisotopic (exact) mass is 223 g/mol. The summed E-state index contributed by atoms with van der Waals surface area (Å²) in [5.74, 6) is 0.697. The van der Waals surface area contributed by atoms with E-state index in [1.165, 1.54) is 0 Å². The Kier molecular flexibility index (Phi) is 4.72. The molecule has 1 aromatic heterocycles. The summed E-state index contributed by atoms with van der Waals surface area (Å²) >= 11 is 0. The minimum absolute atomic E-state index is 0.0489. The number of rotatable bonds is 5. The number of carbonyl (C=O) groups excluding carboxylic acids is 1. The first-order valence-electron chi connectivity index (χ1n) is 5.07. The number of nitrogens with zero attached hydrogens (tertiary/aromatic N) is 2. The SMILES string of the molecule is CNc1ccc(C(=O)N(C)CCOC)cn1. The molecule has 0 saturated carbocycles. The fourth-order valence-corrected chi connectivity index (χ4v) is 1.22. The molecule has 1 aromatic rings. The van der Waals surface area contributed by atoms with Crippen molar-refractivity contribution in [1.82, 2.24) is 9.88 Å². The predicted octanol–water partition coefficient (Wildman–Crippen LogP) is 0.842. The molecule has 0 unspecified atom stereocenters. The number of methoxy groups -OCH3 is 1. The molecule has 0 saturated heterocycles. The molecule has 0 fully saturated rings. The summed E-state index contributed by atoms with van der Waals surface area (Å²) < 4.78 is 4.92. The van der Waals surface area contributed by atoms with E-state index in [0.29, 0.717) is 18.7 Å². The zero-order valence-electron chi connectivity index (χ0n) is 9.86. The first kappa shape index (κ1) is 12.4. The molecule has 0 aliphatic rings. The third-order valence-electron chi connectivity index (χ3n) is 2.24. The number of likely N-dealkylation sites (N-methyl/N-ethyl adjacent to an activating group) is 1. The van der Waals surface area contributed by atoms with Gasteiger partial charge in [0.15, 0.2) is 0 Å². The number of nitrogens with one attached hydrogen (secondary N) is 1. The topological polar surface area (TPSA) is 54.5 Å². The summed E-state index contributed by atoms with van der Waals surface area (Å²) in [4.78, 5) is 17.6. The van der Waals surface area contributed by atoms with Crippen molar-refractivity contribution >= 4 is 11.7 Å². The Hall–Kier alpha value is -1.62. The highest BCUT2D eigenvalue weighted by atomic mass is 16.5. The lowest BCUT2D eigenvalue weighted by Crippen LogP contribution is -2.30. The summed E-state index contributed by atoms with van der Waals surface area (Å²) in [6, 6.07) is 3.53. The second-order valence-electron chi connectivity index (χ2n) is 3.40. The quantitative estimate of drug-likeness (QED) is 0.803. The van der Waals surface area contributed by atoms with Gasteiger partial charge in [-0.05, 0) is 12.1 Å². The molecule has 0 bridgehead atoms. The van der Waals surface area contributed by atoms with E-state index in [4.69, 9.17) is 4.74 Å². The number of aromatic nitrogens is 1. The summed E-state index contributed by atoms with van der Waals surface area (Å²) in [5, 5.41) is 2.90. The second-order valence-corrected chi connectivity index (χ2v) is 3.40. The number of ether oxygens (including phenoxy) is 1. The molecule has 0 spiro atoms. The van der Waals surface area contributed by atoms with Gasteiger partial charge in [-0.25, -0.2) is 4.98 Å². The van der Waals surface area contributed by atoms with Crippen LogP contribution in [0.5, 0.6) is 0 Å². The van der Waals surface area contributed by atoms with Gasteiger partial charge in [-0.1, -0.05) is 0 Å². The van der Waals surface area contributed by atoms with E-state index < -0.39 is 0 Å². The van der Waals surface area contributed by atoms with E-state index >= 15 is 0 Å². The molecule has 0 radical (unpaired) electrons. The number of anilines is 1. The van der Waals surface area contributed by atoms with Gasteiger partial charge in [0.25, 0.3) is 5.91 Å². The molecule has 1 N–H and O–H groups in total. The predicted molar refractivity (Wildman–Crippen MR) is 62.6 cm³/mol. The van der Waals surface area contributed by atoms with Crippen LogP contribution in [-0.2, 0) is 4.74 Å². The molecule has 16 heavy (non-hydrogen) atoms. The first-order valence-corrected chi connectivity index (χ1v) is 5.07. The summed E-state index contributed by atoms with van der Waals surface area (Å²) in [5.41, 5.74) is 0.581. The van der Waals surface area contributed by atoms with Gasteiger partial charge in [0.1, 0.15) is 5.82 Å². The van der Waals surface area contributed by atoms with Crippen LogP contribution in [0.25, 0.3) is 0 Å². The van der Waals surface area contributed by atoms with Crippen molar-refractivity contribution in [3.63, 3.8) is 0 Å². The number of hydrogen-bond acceptors (Lipinski definition) is 4. The third-order valence-corrected chi connectivity index (χ3v) is 2.24. The normalized spacial score (nSPS) is 9.94. The molecule has 0 atom stereocenters. The van der Waals surface area contributed by atoms with E-state index in [9.17, 15) is 4.79 Å². The average molecular weight is 223 g/mol. The number of pyridine rings is 1. The Morgan fingerprint density at radius 1 is 1.56 bits per heavy atom. The maximum atomic E-state index is 11.9. The van der Waals surface area contributed by atoms with Crippen molar-refractivity contribution in [1.29, 1.82) is 0 Å². The fourth-order valence-electron chi connectivity index (χ4n) is 1.22. The second kappa shape index (κ2) is 6.07. The highest BCUT2D eigenvalue weighted by molar-refractivity contribution is 5.93. The molecule has 88 valence electrons. The van der Waals surface area contributed by atoms with Gasteiger partial charge < -0.3 is 15.0 Å². The van der Waals surface area contributed by atoms with Gasteiger partial charge in [-0.2, -0.15) is 0 Å². The van der Waals surface area contributed by atoms with E-state index in [-0.39, 0.29) is 5.91 Å². The lowest BCUT2D eigenvalue weighted by atomic mass is 10.2. The van der Waals surface area contributed by atoms with Gasteiger partial charge in [-0.15, -0.1) is 0 Å². The van der Waals surface area contributed by atoms with Crippen molar-refractivity contribution in [2.75, 3.05) is 39.7 Å². The molecule has 0 aliphatic heterocycles. The molecule has 5 nitrogen and oxygen atoms in total. The Bertz CT molecular complexity index is 338. The highest BCUT2D eigenvalue weighted by Crippen LogP contribution is 2.06. The van der Waals surface area contributed by atoms with Crippen molar-refractivity contribution in [3.05, 3.63) is 23.9 Å². The Labute approximate surface area is 95.4 Å². The van der Waals surface area contributed by atoms with E-state index in [2.05, 4.69) is 10.3 Å². The molecular weight excluding hydrogens is 206 g/mol. The van der Waals surface area contributed by atoms with E-state index in [1.807, 2.05) is 0 Å². The van der Waals surface area contributed by atoms with Crippen LogP contribution < -0.4 is 5.32 Å². The van der Waals surface area contributed by atoms with Crippen LogP contribution >= 0.6 is 0 Å². The largest absolute Gasteiger partial charge is 0.383 e. The van der Waals surface area contributed by atoms with E-state index in [0.717, 1.165) is 5.82 Å². The number of carbonyl (C=O) groups is 1. The third kappa shape index (κ3) is 3.20. The minimum atomic E-state index is -0.0489. The Morgan fingerprint density at radius 3 is 2.81 bits per heavy atom. The van der Waals surface area contributed by atoms with Gasteiger partial charge in [-0.3, -0.25) is 4.79 Å². The van der Waals surface area contributed by atoms with Crippen molar-refractivity contribution in [2.45, 2.75) is 0 Å². The number of amides is 1. The summed E-state index contributed by atoms with van der Waals surface area (Å²) in [7, 11) is 5.14. The van der Waals surface area contributed by atoms with Crippen LogP contribution in [0.2, 0.25) is 0 Å². The molecule has 1 rings (SSSR count). The molecule has 0 aliphatic carbocycles. The van der Waals surface area contributed by atoms with Crippen LogP contribution in [0, 0.1) is 0 Å². The van der Waals surface area contributed by atoms with Gasteiger partial charge in [0.2, 0.25) is 0 Å². The van der Waals surface area contributed by atoms with E-state index in [1.54, 1.807) is 44.4 Å². The average Bonchev–Trinajstić information content (AvgIpc) is 2.35. The van der Waals surface area contributed by atoms with Crippen LogP contribution in [-0.4, -0.2) is 50.1 Å². The van der Waals surface area contributed by atoms with Crippen LogP contribution in [0.4, 0.5) is 5.82 Å². The smallest absolute Gasteiger partial charge is 0.255 e. The standard InChI is InChI=1S/C11H17N3O2/c1-12-10-5-4-9(8-13-10)11(15)14(2)6-7-16-3/h4-5,8H,6-7H2,1-3H3,(H,12,13). The number of hydrogen-bond donors (Lipinski definition) is 1. The van der Waals surface area contributed by atoms with Crippen molar-refractivity contribution in [2.24, 2.45) is 0 Å². The maximum Gasteiger partial charge on any atom is 0.255 e. The molecule has 0 aromatic carbocycles. The van der Waals surface area contributed by atoms with Crippen molar-refractivity contribution in [3.8, 4) is 0 Å². The summed E-state index contributed by atoms with van der Waals surface area (Å²) in [6.45, 7) is 1.10. The lowest BCUT2D eigenvalue weighted by Gasteiger charge is -2.16. The van der Waals surface area contributed by atoms with Crippen LogP contribution in [0.1, 0.15) is 10.4 Å². The Balaban J connectivity index is 2.64. The van der Waals surface area contributed by atoms with Crippen molar-refractivity contribution < 1.29 is 9.53 Å². The van der Waals surface area contributed by atoms with Gasteiger partial charge in [0, 0.05) is 33.9 Å². The highest BCUT2D eigenvalue weighted by Gasteiger charge is 2.11. The minimum Gasteiger partial charge on any atom is -0.383 e. The molecule has 1 heterocycles. The Morgan fingerprint density at radius 2 is 2.31 bits per heavy atom. The maximum absolute atomic E-state index is 11.9. The first-order chi connectivity index (χ1) is 7.69. The zero-order valence-corrected chi connectivity index (χ0v) is 9.86. The van der Waals surface area contributed by atoms with Gasteiger partial charge >= 0.3 is 0 Å². The van der Waals surface area contributed by atoms with Crippen LogP contribution in [0.3, 0.4) is 0 Å². The fraction of sp³-hybridized carbons (Fsp3) is 0.455. The molecule has 1 amide bonds. The molecule has 5 heteroatoms. The lowest BCUT2D eigenvalue weighted by molar-refractivity contribution is 0.0744. The summed E-state index contributed by atoms with van der Waals surface area (Å²) in [6.07, 6.45) is 1.57. The van der Waals surface area contributed by atoms with Crippen LogP contribution in [0.15, 0.2) is 18.3 Å². The van der Waals surface area contributed by atoms with Gasteiger partial charge in [0.05, 0.1) is 12.2 Å². The molecular formula is C11H17N3O2. The zero-order chi connectivity index (χ0) is 12.0.